The van der Waals surface area contributed by atoms with Gasteiger partial charge in [0.2, 0.25) is 0 Å². The Morgan fingerprint density at radius 1 is 1.38 bits per heavy atom. The Hall–Kier alpha value is -0.220. The highest BCUT2D eigenvalue weighted by Crippen LogP contribution is 2.23. The number of rotatable bonds is 2. The summed E-state index contributed by atoms with van der Waals surface area (Å²) < 4.78 is 0. The van der Waals surface area contributed by atoms with E-state index in [0.29, 0.717) is 18.1 Å². The molecule has 3 nitrogen and oxygen atoms in total. The molecule has 0 aromatic rings. The summed E-state index contributed by atoms with van der Waals surface area (Å²) in [5, 5.41) is 3.53. The highest BCUT2D eigenvalue weighted by atomic mass is 32.2. The summed E-state index contributed by atoms with van der Waals surface area (Å²) in [7, 11) is 0. The first-order valence-electron chi connectivity index (χ1n) is 6.46. The van der Waals surface area contributed by atoms with Crippen molar-refractivity contribution in [2.45, 2.75) is 64.6 Å². The number of hydrazine groups is 1. The van der Waals surface area contributed by atoms with Crippen molar-refractivity contribution in [2.24, 2.45) is 4.99 Å². The zero-order valence-electron chi connectivity index (χ0n) is 10.6. The van der Waals surface area contributed by atoms with Crippen LogP contribution in [-0.2, 0) is 0 Å². The number of nitrogens with zero attached hydrogens (tertiary/aromatic N) is 2. The van der Waals surface area contributed by atoms with E-state index in [2.05, 4.69) is 31.2 Å². The molecular formula is C12H23N3S. The van der Waals surface area contributed by atoms with Crippen molar-refractivity contribution >= 4 is 16.9 Å². The zero-order valence-corrected chi connectivity index (χ0v) is 11.4. The van der Waals surface area contributed by atoms with Gasteiger partial charge in [-0.15, -0.1) is 0 Å². The molecule has 1 saturated heterocycles. The van der Waals surface area contributed by atoms with Gasteiger partial charge in [-0.25, -0.2) is 5.01 Å². The lowest BCUT2D eigenvalue weighted by Crippen LogP contribution is -2.53. The molecule has 0 radical (unpaired) electrons. The Kier molecular flexibility index (Phi) is 4.14. The van der Waals surface area contributed by atoms with Crippen LogP contribution in [0.5, 0.6) is 0 Å². The summed E-state index contributed by atoms with van der Waals surface area (Å²) in [6.45, 7) is 6.82. The van der Waals surface area contributed by atoms with Crippen molar-refractivity contribution < 1.29 is 0 Å². The van der Waals surface area contributed by atoms with Gasteiger partial charge in [-0.2, -0.15) is 0 Å². The van der Waals surface area contributed by atoms with Crippen molar-refractivity contribution in [3.05, 3.63) is 0 Å². The lowest BCUT2D eigenvalue weighted by molar-refractivity contribution is 0.0752. The molecule has 2 rings (SSSR count). The van der Waals surface area contributed by atoms with E-state index in [9.17, 15) is 0 Å². The molecule has 1 N–H and O–H groups in total. The topological polar surface area (TPSA) is 27.6 Å². The summed E-state index contributed by atoms with van der Waals surface area (Å²) in [4.78, 5) is 4.70. The molecule has 3 atom stereocenters. The van der Waals surface area contributed by atoms with Crippen LogP contribution in [-0.4, -0.2) is 34.1 Å². The third-order valence-electron chi connectivity index (χ3n) is 3.60. The number of hydrogen-bond acceptors (Lipinski definition) is 4. The molecule has 92 valence electrons. The van der Waals surface area contributed by atoms with Gasteiger partial charge in [0.25, 0.3) is 0 Å². The minimum absolute atomic E-state index is 0.530. The molecule has 2 heterocycles. The van der Waals surface area contributed by atoms with Gasteiger partial charge in [-0.05, 0) is 33.1 Å². The second kappa shape index (κ2) is 5.41. The Labute approximate surface area is 103 Å². The summed E-state index contributed by atoms with van der Waals surface area (Å²) in [5.74, 6) is 1.15. The molecule has 0 aliphatic carbocycles. The lowest BCUT2D eigenvalue weighted by Gasteiger charge is -2.39. The molecule has 4 heteroatoms. The largest absolute Gasteiger partial charge is 0.297 e. The standard InChI is InChI=1S/C12H23N3S/c1-4-11-8-16-12(13-11)14-15-9(2)6-5-7-10(15)3/h9-11H,4-8H2,1-3H3,(H,13,14). The summed E-state index contributed by atoms with van der Waals surface area (Å²) in [5.41, 5.74) is 3.53. The summed E-state index contributed by atoms with van der Waals surface area (Å²) >= 11 is 1.87. The minimum atomic E-state index is 0.530. The highest BCUT2D eigenvalue weighted by Gasteiger charge is 2.27. The van der Waals surface area contributed by atoms with E-state index in [1.54, 1.807) is 0 Å². The predicted molar refractivity (Wildman–Crippen MR) is 71.7 cm³/mol. The van der Waals surface area contributed by atoms with Crippen molar-refractivity contribution in [3.63, 3.8) is 0 Å². The summed E-state index contributed by atoms with van der Waals surface area (Å²) in [6, 6.07) is 1.79. The fraction of sp³-hybridized carbons (Fsp3) is 0.917. The smallest absolute Gasteiger partial charge is 0.171 e. The van der Waals surface area contributed by atoms with Gasteiger partial charge >= 0.3 is 0 Å². The molecule has 0 aromatic carbocycles. The van der Waals surface area contributed by atoms with Crippen LogP contribution in [0.15, 0.2) is 4.99 Å². The Bertz CT molecular complexity index is 257. The average Bonchev–Trinajstić information content (AvgIpc) is 2.71. The highest BCUT2D eigenvalue weighted by molar-refractivity contribution is 8.14. The molecule has 16 heavy (non-hydrogen) atoms. The first-order chi connectivity index (χ1) is 7.70. The first kappa shape index (κ1) is 12.2. The molecule has 0 spiro atoms. The van der Waals surface area contributed by atoms with E-state index in [1.165, 1.54) is 19.3 Å². The maximum atomic E-state index is 4.70. The number of thioether (sulfide) groups is 1. The van der Waals surface area contributed by atoms with Gasteiger partial charge in [0.05, 0.1) is 6.04 Å². The van der Waals surface area contributed by atoms with Gasteiger partial charge < -0.3 is 0 Å². The average molecular weight is 241 g/mol. The fourth-order valence-electron chi connectivity index (χ4n) is 2.44. The third-order valence-corrected chi connectivity index (χ3v) is 4.62. The van der Waals surface area contributed by atoms with E-state index in [1.807, 2.05) is 11.8 Å². The van der Waals surface area contributed by atoms with Crippen molar-refractivity contribution in [3.8, 4) is 0 Å². The van der Waals surface area contributed by atoms with Crippen molar-refractivity contribution in [2.75, 3.05) is 5.75 Å². The SMILES string of the molecule is CCC1CSC(NN2C(C)CCCC2C)=N1. The molecule has 2 aliphatic rings. The number of hydrogen-bond donors (Lipinski definition) is 1. The van der Waals surface area contributed by atoms with Gasteiger partial charge in [-0.1, -0.05) is 25.1 Å². The van der Waals surface area contributed by atoms with Crippen LogP contribution in [0.2, 0.25) is 0 Å². The van der Waals surface area contributed by atoms with Gasteiger partial charge in [0.1, 0.15) is 0 Å². The molecule has 0 amide bonds. The van der Waals surface area contributed by atoms with Gasteiger partial charge in [0, 0.05) is 17.8 Å². The first-order valence-corrected chi connectivity index (χ1v) is 7.45. The van der Waals surface area contributed by atoms with E-state index in [0.717, 1.165) is 17.3 Å². The van der Waals surface area contributed by atoms with Gasteiger partial charge in [-0.3, -0.25) is 10.4 Å². The van der Waals surface area contributed by atoms with Gasteiger partial charge in [0.15, 0.2) is 5.17 Å². The van der Waals surface area contributed by atoms with Crippen LogP contribution < -0.4 is 5.43 Å². The molecule has 0 bridgehead atoms. The number of piperidine rings is 1. The lowest BCUT2D eigenvalue weighted by atomic mass is 10.00. The van der Waals surface area contributed by atoms with Crippen LogP contribution in [0, 0.1) is 0 Å². The normalized spacial score (nSPS) is 36.2. The van der Waals surface area contributed by atoms with Crippen molar-refractivity contribution in [1.82, 2.24) is 10.4 Å². The third kappa shape index (κ3) is 2.72. The fourth-order valence-corrected chi connectivity index (χ4v) is 3.49. The summed E-state index contributed by atoms with van der Waals surface area (Å²) in [6.07, 6.45) is 5.11. The van der Waals surface area contributed by atoms with Crippen molar-refractivity contribution in [1.29, 1.82) is 0 Å². The molecule has 3 unspecified atom stereocenters. The quantitative estimate of drug-likeness (QED) is 0.805. The van der Waals surface area contributed by atoms with E-state index < -0.39 is 0 Å². The number of nitrogens with one attached hydrogen (secondary N) is 1. The maximum absolute atomic E-state index is 4.70. The van der Waals surface area contributed by atoms with E-state index in [4.69, 9.17) is 4.99 Å². The monoisotopic (exact) mass is 241 g/mol. The number of amidine groups is 1. The maximum Gasteiger partial charge on any atom is 0.171 e. The zero-order chi connectivity index (χ0) is 11.5. The Balaban J connectivity index is 1.93. The molecule has 0 aromatic heterocycles. The molecule has 0 saturated carbocycles. The second-order valence-corrected chi connectivity index (χ2v) is 5.96. The Morgan fingerprint density at radius 2 is 2.06 bits per heavy atom. The molecule has 2 aliphatic heterocycles. The molecular weight excluding hydrogens is 218 g/mol. The number of aliphatic imine (C=N–C) groups is 1. The van der Waals surface area contributed by atoms with Crippen LogP contribution in [0.3, 0.4) is 0 Å². The van der Waals surface area contributed by atoms with Crippen LogP contribution in [0.25, 0.3) is 0 Å². The molecule has 1 fully saturated rings. The Morgan fingerprint density at radius 3 is 2.62 bits per heavy atom. The van der Waals surface area contributed by atoms with Crippen LogP contribution >= 0.6 is 11.8 Å². The van der Waals surface area contributed by atoms with E-state index in [-0.39, 0.29) is 0 Å². The minimum Gasteiger partial charge on any atom is -0.297 e. The van der Waals surface area contributed by atoms with E-state index >= 15 is 0 Å². The predicted octanol–water partition coefficient (Wildman–Crippen LogP) is 2.64. The second-order valence-electron chi connectivity index (χ2n) is 4.96. The van der Waals surface area contributed by atoms with Crippen LogP contribution in [0.4, 0.5) is 0 Å². The van der Waals surface area contributed by atoms with Crippen LogP contribution in [0.1, 0.15) is 46.5 Å².